The molecule has 5 heteroatoms. The van der Waals surface area contributed by atoms with Gasteiger partial charge in [-0.1, -0.05) is 49.1 Å². The quantitative estimate of drug-likeness (QED) is 0.861. The number of halogens is 1. The minimum Gasteiger partial charge on any atom is -0.465 e. The molecule has 1 aromatic rings. The highest BCUT2D eigenvalue weighted by atomic mass is 35.5. The van der Waals surface area contributed by atoms with E-state index in [0.717, 1.165) is 31.2 Å². The third-order valence-electron chi connectivity index (χ3n) is 4.19. The van der Waals surface area contributed by atoms with Gasteiger partial charge in [-0.2, -0.15) is 0 Å². The van der Waals surface area contributed by atoms with E-state index in [1.807, 2.05) is 18.2 Å². The Morgan fingerprint density at radius 1 is 1.29 bits per heavy atom. The van der Waals surface area contributed by atoms with Gasteiger partial charge in [0.25, 0.3) is 0 Å². The molecule has 0 saturated heterocycles. The molecule has 0 radical (unpaired) electrons. The molecule has 1 fully saturated rings. The molecule has 1 saturated carbocycles. The molecular formula is C16H22ClNO3. The van der Waals surface area contributed by atoms with Crippen molar-refractivity contribution >= 4 is 17.7 Å². The molecule has 0 spiro atoms. The number of amides is 1. The van der Waals surface area contributed by atoms with Crippen LogP contribution in [-0.2, 0) is 0 Å². The maximum Gasteiger partial charge on any atom is 0.408 e. The molecule has 1 amide bonds. The van der Waals surface area contributed by atoms with Crippen molar-refractivity contribution in [3.05, 3.63) is 34.9 Å². The summed E-state index contributed by atoms with van der Waals surface area (Å²) in [5, 5.41) is 19.6. The summed E-state index contributed by atoms with van der Waals surface area (Å²) in [4.78, 5) is 13.3. The van der Waals surface area contributed by atoms with Gasteiger partial charge in [-0.3, -0.25) is 4.90 Å². The second kappa shape index (κ2) is 7.66. The van der Waals surface area contributed by atoms with Crippen molar-refractivity contribution in [2.45, 2.75) is 50.6 Å². The van der Waals surface area contributed by atoms with Crippen LogP contribution in [0.4, 0.5) is 4.79 Å². The summed E-state index contributed by atoms with van der Waals surface area (Å²) in [5.74, 6) is 0. The lowest BCUT2D eigenvalue weighted by Gasteiger charge is -2.38. The summed E-state index contributed by atoms with van der Waals surface area (Å²) >= 11 is 6.24. The number of benzene rings is 1. The van der Waals surface area contributed by atoms with Crippen LogP contribution in [0.1, 0.15) is 50.1 Å². The lowest BCUT2D eigenvalue weighted by Crippen LogP contribution is -2.43. The van der Waals surface area contributed by atoms with E-state index in [-0.39, 0.29) is 18.7 Å². The van der Waals surface area contributed by atoms with E-state index < -0.39 is 6.09 Å². The average Bonchev–Trinajstić information content (AvgIpc) is 2.48. The fourth-order valence-corrected chi connectivity index (χ4v) is 3.48. The van der Waals surface area contributed by atoms with Crippen LogP contribution in [0.3, 0.4) is 0 Å². The molecule has 1 aliphatic carbocycles. The van der Waals surface area contributed by atoms with Gasteiger partial charge in [-0.05, 0) is 30.9 Å². The van der Waals surface area contributed by atoms with Crippen molar-refractivity contribution in [1.82, 2.24) is 4.90 Å². The van der Waals surface area contributed by atoms with Gasteiger partial charge in [-0.25, -0.2) is 4.79 Å². The van der Waals surface area contributed by atoms with Gasteiger partial charge in [0.05, 0.1) is 6.04 Å². The van der Waals surface area contributed by atoms with Crippen LogP contribution < -0.4 is 0 Å². The van der Waals surface area contributed by atoms with Crippen molar-refractivity contribution in [2.24, 2.45) is 0 Å². The van der Waals surface area contributed by atoms with Crippen molar-refractivity contribution in [3.63, 3.8) is 0 Å². The third-order valence-corrected chi connectivity index (χ3v) is 4.54. The van der Waals surface area contributed by atoms with Gasteiger partial charge in [-0.15, -0.1) is 0 Å². The zero-order chi connectivity index (χ0) is 15.2. The molecular weight excluding hydrogens is 290 g/mol. The second-order valence-electron chi connectivity index (χ2n) is 5.53. The molecule has 0 aromatic heterocycles. The highest BCUT2D eigenvalue weighted by molar-refractivity contribution is 6.31. The zero-order valence-corrected chi connectivity index (χ0v) is 12.8. The van der Waals surface area contributed by atoms with Crippen LogP contribution in [-0.4, -0.2) is 33.9 Å². The Morgan fingerprint density at radius 2 is 1.95 bits per heavy atom. The van der Waals surface area contributed by atoms with Gasteiger partial charge < -0.3 is 10.2 Å². The van der Waals surface area contributed by atoms with Gasteiger partial charge in [0, 0.05) is 17.7 Å². The topological polar surface area (TPSA) is 60.8 Å². The van der Waals surface area contributed by atoms with Crippen LogP contribution >= 0.6 is 11.6 Å². The van der Waals surface area contributed by atoms with Gasteiger partial charge in [0.1, 0.15) is 0 Å². The molecule has 0 aliphatic heterocycles. The number of aliphatic hydroxyl groups excluding tert-OH is 1. The standard InChI is InChI=1S/C16H22ClNO3/c17-14-9-5-4-8-13(14)15(10-11-19)18(16(20)21)12-6-2-1-3-7-12/h4-5,8-9,12,15,19H,1-3,6-7,10-11H2,(H,20,21)/t15-/m0/s1. The Morgan fingerprint density at radius 3 is 2.52 bits per heavy atom. The summed E-state index contributed by atoms with van der Waals surface area (Å²) in [6.45, 7) is -0.0631. The van der Waals surface area contributed by atoms with E-state index in [2.05, 4.69) is 0 Å². The van der Waals surface area contributed by atoms with E-state index in [4.69, 9.17) is 11.6 Å². The van der Waals surface area contributed by atoms with Crippen molar-refractivity contribution in [2.75, 3.05) is 6.61 Å². The van der Waals surface area contributed by atoms with Gasteiger partial charge >= 0.3 is 6.09 Å². The fraction of sp³-hybridized carbons (Fsp3) is 0.562. The molecule has 0 unspecified atom stereocenters. The van der Waals surface area contributed by atoms with Crippen LogP contribution in [0.15, 0.2) is 24.3 Å². The van der Waals surface area contributed by atoms with Crippen molar-refractivity contribution in [3.8, 4) is 0 Å². The number of carbonyl (C=O) groups is 1. The molecule has 0 bridgehead atoms. The maximum atomic E-state index is 11.8. The smallest absolute Gasteiger partial charge is 0.408 e. The Labute approximate surface area is 130 Å². The fourth-order valence-electron chi connectivity index (χ4n) is 3.22. The number of hydrogen-bond acceptors (Lipinski definition) is 2. The monoisotopic (exact) mass is 311 g/mol. The van der Waals surface area contributed by atoms with E-state index in [0.29, 0.717) is 11.4 Å². The Kier molecular flexibility index (Phi) is 5.88. The first kappa shape index (κ1) is 16.1. The summed E-state index contributed by atoms with van der Waals surface area (Å²) in [6, 6.07) is 6.93. The minimum absolute atomic E-state index is 0.0177. The van der Waals surface area contributed by atoms with E-state index >= 15 is 0 Å². The molecule has 2 rings (SSSR count). The Hall–Kier alpha value is -1.26. The van der Waals surface area contributed by atoms with Crippen molar-refractivity contribution < 1.29 is 15.0 Å². The molecule has 1 atom stereocenters. The normalized spacial score (nSPS) is 17.4. The number of carboxylic acid groups (broad SMARTS) is 1. The van der Waals surface area contributed by atoms with Gasteiger partial charge in [0.2, 0.25) is 0 Å². The van der Waals surface area contributed by atoms with E-state index in [1.54, 1.807) is 6.07 Å². The maximum absolute atomic E-state index is 11.8. The summed E-state index contributed by atoms with van der Waals surface area (Å²) in [6.07, 6.45) is 4.50. The first-order valence-corrected chi connectivity index (χ1v) is 7.89. The molecule has 116 valence electrons. The molecule has 4 nitrogen and oxygen atoms in total. The molecule has 1 aliphatic rings. The SMILES string of the molecule is O=C(O)N(C1CCCCC1)[C@@H](CCO)c1ccccc1Cl. The second-order valence-corrected chi connectivity index (χ2v) is 5.94. The zero-order valence-electron chi connectivity index (χ0n) is 12.0. The number of nitrogens with zero attached hydrogens (tertiary/aromatic N) is 1. The lowest BCUT2D eigenvalue weighted by molar-refractivity contribution is 0.0735. The Balaban J connectivity index is 2.32. The Bertz CT molecular complexity index is 474. The van der Waals surface area contributed by atoms with Crippen LogP contribution in [0.25, 0.3) is 0 Å². The van der Waals surface area contributed by atoms with Gasteiger partial charge in [0.15, 0.2) is 0 Å². The predicted octanol–water partition coefficient (Wildman–Crippen LogP) is 4.08. The van der Waals surface area contributed by atoms with Crippen LogP contribution in [0.5, 0.6) is 0 Å². The van der Waals surface area contributed by atoms with E-state index in [9.17, 15) is 15.0 Å². The summed E-state index contributed by atoms with van der Waals surface area (Å²) < 4.78 is 0. The van der Waals surface area contributed by atoms with Crippen molar-refractivity contribution in [1.29, 1.82) is 0 Å². The molecule has 0 heterocycles. The molecule has 2 N–H and O–H groups in total. The average molecular weight is 312 g/mol. The highest BCUT2D eigenvalue weighted by Crippen LogP contribution is 2.35. The molecule has 21 heavy (non-hydrogen) atoms. The largest absolute Gasteiger partial charge is 0.465 e. The third kappa shape index (κ3) is 3.89. The highest BCUT2D eigenvalue weighted by Gasteiger charge is 2.33. The molecule has 1 aromatic carbocycles. The summed E-state index contributed by atoms with van der Waals surface area (Å²) in [7, 11) is 0. The first-order chi connectivity index (χ1) is 10.1. The van der Waals surface area contributed by atoms with E-state index in [1.165, 1.54) is 11.3 Å². The summed E-state index contributed by atoms with van der Waals surface area (Å²) in [5.41, 5.74) is 0.779. The predicted molar refractivity (Wildman–Crippen MR) is 82.6 cm³/mol. The number of rotatable bonds is 5. The minimum atomic E-state index is -0.930. The van der Waals surface area contributed by atoms with Crippen LogP contribution in [0.2, 0.25) is 5.02 Å². The van der Waals surface area contributed by atoms with Crippen LogP contribution in [0, 0.1) is 0 Å². The lowest BCUT2D eigenvalue weighted by atomic mass is 9.91. The first-order valence-electron chi connectivity index (χ1n) is 7.51. The number of hydrogen-bond donors (Lipinski definition) is 2. The number of aliphatic hydroxyl groups is 1.